The molecule has 0 aliphatic rings. The number of hydrogen-bond acceptors (Lipinski definition) is 5. The zero-order valence-corrected chi connectivity index (χ0v) is 15.0. The van der Waals surface area contributed by atoms with Gasteiger partial charge in [-0.25, -0.2) is 18.0 Å². The second kappa shape index (κ2) is 8.05. The van der Waals surface area contributed by atoms with Crippen LogP contribution < -0.4 is 5.32 Å². The molecule has 1 N–H and O–H groups in total. The largest absolute Gasteiger partial charge is 0.444 e. The number of hydrogen-bond donors (Lipinski definition) is 1. The molecule has 0 fully saturated rings. The summed E-state index contributed by atoms with van der Waals surface area (Å²) in [6.45, 7) is 4.31. The van der Waals surface area contributed by atoms with Crippen LogP contribution in [0.1, 0.15) is 26.3 Å². The number of rotatable bonds is 6. The molecule has 0 radical (unpaired) electrons. The summed E-state index contributed by atoms with van der Waals surface area (Å²) in [7, 11) is -3.83. The van der Waals surface area contributed by atoms with Crippen LogP contribution in [0.4, 0.5) is 18.0 Å². The topological polar surface area (TPSA) is 81.7 Å². The van der Waals surface area contributed by atoms with E-state index in [2.05, 4.69) is 9.50 Å². The number of carbonyl (C=O) groups is 1. The van der Waals surface area contributed by atoms with Crippen molar-refractivity contribution in [3.8, 4) is 0 Å². The van der Waals surface area contributed by atoms with Gasteiger partial charge in [0.1, 0.15) is 11.4 Å². The van der Waals surface area contributed by atoms with Gasteiger partial charge in [-0.3, -0.25) is 4.18 Å². The van der Waals surface area contributed by atoms with Crippen molar-refractivity contribution in [1.82, 2.24) is 5.32 Å². The lowest BCUT2D eigenvalue weighted by atomic mass is 10.1. The van der Waals surface area contributed by atoms with Crippen LogP contribution in [-0.2, 0) is 25.5 Å². The van der Waals surface area contributed by atoms with Crippen LogP contribution in [0.2, 0.25) is 0 Å². The molecule has 1 aromatic rings. The first-order valence-electron chi connectivity index (χ1n) is 7.24. The summed E-state index contributed by atoms with van der Waals surface area (Å²) >= 11 is 0. The van der Waals surface area contributed by atoms with Gasteiger partial charge >= 0.3 is 6.09 Å². The summed E-state index contributed by atoms with van der Waals surface area (Å²) in [5, 5.41) is 2.32. The summed E-state index contributed by atoms with van der Waals surface area (Å²) in [6, 6.07) is -0.0504. The smallest absolute Gasteiger partial charge is 0.407 e. The Morgan fingerprint density at radius 2 is 1.72 bits per heavy atom. The van der Waals surface area contributed by atoms with Gasteiger partial charge in [0.15, 0.2) is 11.6 Å². The molecule has 0 heterocycles. The molecule has 0 aromatic heterocycles. The molecule has 1 aromatic carbocycles. The molecule has 10 heteroatoms. The Morgan fingerprint density at radius 3 is 2.24 bits per heavy atom. The number of halogens is 3. The van der Waals surface area contributed by atoms with Gasteiger partial charge in [0.25, 0.3) is 10.1 Å². The monoisotopic (exact) mass is 383 g/mol. The first-order valence-corrected chi connectivity index (χ1v) is 9.06. The van der Waals surface area contributed by atoms with Crippen molar-refractivity contribution < 1.29 is 35.3 Å². The van der Waals surface area contributed by atoms with Gasteiger partial charge in [-0.15, -0.1) is 0 Å². The fraction of sp³-hybridized carbons (Fsp3) is 0.533. The van der Waals surface area contributed by atoms with Crippen molar-refractivity contribution in [3.05, 3.63) is 35.1 Å². The SMILES string of the molecule is CC(C)(C)OC(=O)NC(COS(C)(=O)=O)Cc1cc(F)c(F)cc1F. The van der Waals surface area contributed by atoms with Gasteiger partial charge in [0.2, 0.25) is 0 Å². The second-order valence-corrected chi connectivity index (χ2v) is 8.04. The molecule has 1 rings (SSSR count). The maximum absolute atomic E-state index is 13.8. The first-order chi connectivity index (χ1) is 11.3. The summed E-state index contributed by atoms with van der Waals surface area (Å²) in [6.07, 6.45) is -0.425. The van der Waals surface area contributed by atoms with Crippen LogP contribution >= 0.6 is 0 Å². The molecule has 25 heavy (non-hydrogen) atoms. The van der Waals surface area contributed by atoms with Crippen molar-refractivity contribution in [1.29, 1.82) is 0 Å². The third-order valence-corrected chi connectivity index (χ3v) is 3.32. The summed E-state index contributed by atoms with van der Waals surface area (Å²) < 4.78 is 71.9. The molecule has 1 atom stereocenters. The van der Waals surface area contributed by atoms with E-state index in [0.29, 0.717) is 12.1 Å². The first kappa shape index (κ1) is 21.2. The quantitative estimate of drug-likeness (QED) is 0.603. The van der Waals surface area contributed by atoms with Crippen LogP contribution in [0.3, 0.4) is 0 Å². The molecule has 0 spiro atoms. The Bertz CT molecular complexity index is 731. The Labute approximate surface area is 144 Å². The number of benzene rings is 1. The highest BCUT2D eigenvalue weighted by Crippen LogP contribution is 2.16. The van der Waals surface area contributed by atoms with Gasteiger partial charge in [-0.2, -0.15) is 8.42 Å². The van der Waals surface area contributed by atoms with Crippen molar-refractivity contribution in [2.75, 3.05) is 12.9 Å². The normalized spacial score (nSPS) is 13.4. The number of carbonyl (C=O) groups excluding carboxylic acids is 1. The number of alkyl carbamates (subject to hydrolysis) is 1. The van der Waals surface area contributed by atoms with Crippen LogP contribution in [-0.4, -0.2) is 39.0 Å². The zero-order valence-electron chi connectivity index (χ0n) is 14.2. The summed E-state index contributed by atoms with van der Waals surface area (Å²) in [5.41, 5.74) is -1.07. The fourth-order valence-corrected chi connectivity index (χ4v) is 2.23. The maximum Gasteiger partial charge on any atom is 0.407 e. The molecule has 1 unspecified atom stereocenters. The molecule has 0 aliphatic heterocycles. The number of ether oxygens (including phenoxy) is 1. The number of amides is 1. The zero-order chi connectivity index (χ0) is 19.4. The average Bonchev–Trinajstić information content (AvgIpc) is 2.39. The molecule has 0 bridgehead atoms. The third-order valence-electron chi connectivity index (χ3n) is 2.76. The van der Waals surface area contributed by atoms with Crippen LogP contribution in [0, 0.1) is 17.5 Å². The lowest BCUT2D eigenvalue weighted by Gasteiger charge is -2.23. The Balaban J connectivity index is 2.94. The van der Waals surface area contributed by atoms with E-state index in [-0.39, 0.29) is 12.0 Å². The highest BCUT2D eigenvalue weighted by molar-refractivity contribution is 7.85. The molecule has 142 valence electrons. The lowest BCUT2D eigenvalue weighted by molar-refractivity contribution is 0.0488. The Hall–Kier alpha value is -1.81. The molecule has 6 nitrogen and oxygen atoms in total. The van der Waals surface area contributed by atoms with E-state index >= 15 is 0 Å². The lowest BCUT2D eigenvalue weighted by Crippen LogP contribution is -2.43. The Kier molecular flexibility index (Phi) is 6.83. The second-order valence-electron chi connectivity index (χ2n) is 6.39. The summed E-state index contributed by atoms with van der Waals surface area (Å²) in [5.74, 6) is -3.66. The van der Waals surface area contributed by atoms with Gasteiger partial charge < -0.3 is 10.1 Å². The van der Waals surface area contributed by atoms with Gasteiger partial charge in [-0.05, 0) is 38.8 Å². The molecule has 0 saturated heterocycles. The van der Waals surface area contributed by atoms with E-state index in [1.54, 1.807) is 20.8 Å². The molecule has 1 amide bonds. The highest BCUT2D eigenvalue weighted by atomic mass is 32.2. The predicted molar refractivity (Wildman–Crippen MR) is 84.0 cm³/mol. The van der Waals surface area contributed by atoms with Crippen molar-refractivity contribution >= 4 is 16.2 Å². The highest BCUT2D eigenvalue weighted by Gasteiger charge is 2.23. The summed E-state index contributed by atoms with van der Waals surface area (Å²) in [4.78, 5) is 11.8. The minimum atomic E-state index is -3.83. The van der Waals surface area contributed by atoms with Crippen molar-refractivity contribution in [2.24, 2.45) is 0 Å². The van der Waals surface area contributed by atoms with E-state index in [4.69, 9.17) is 4.74 Å². The Morgan fingerprint density at radius 1 is 1.16 bits per heavy atom. The van der Waals surface area contributed by atoms with Gasteiger partial charge in [0, 0.05) is 6.07 Å². The third kappa shape index (κ3) is 8.21. The molecule has 0 aliphatic carbocycles. The molecular weight excluding hydrogens is 363 g/mol. The van der Waals surface area contributed by atoms with E-state index in [9.17, 15) is 26.4 Å². The van der Waals surface area contributed by atoms with E-state index in [1.807, 2.05) is 0 Å². The minimum Gasteiger partial charge on any atom is -0.444 e. The standard InChI is InChI=1S/C15H20F3NO5S/c1-15(2,3)24-14(20)19-10(8-23-25(4,21)22)5-9-6-12(17)13(18)7-11(9)16/h6-7,10H,5,8H2,1-4H3,(H,19,20). The average molecular weight is 383 g/mol. The molecular formula is C15H20F3NO5S. The predicted octanol–water partition coefficient (Wildman–Crippen LogP) is 2.52. The van der Waals surface area contributed by atoms with E-state index in [1.165, 1.54) is 0 Å². The van der Waals surface area contributed by atoms with Crippen molar-refractivity contribution in [2.45, 2.75) is 38.8 Å². The van der Waals surface area contributed by atoms with Crippen molar-refractivity contribution in [3.63, 3.8) is 0 Å². The molecule has 0 saturated carbocycles. The van der Waals surface area contributed by atoms with Gasteiger partial charge in [-0.1, -0.05) is 0 Å². The van der Waals surface area contributed by atoms with Gasteiger partial charge in [0.05, 0.1) is 18.9 Å². The van der Waals surface area contributed by atoms with Crippen LogP contribution in [0.25, 0.3) is 0 Å². The van der Waals surface area contributed by atoms with E-state index < -0.39 is 51.9 Å². The fourth-order valence-electron chi connectivity index (χ4n) is 1.82. The minimum absolute atomic E-state index is 0.253. The number of nitrogens with one attached hydrogen (secondary N) is 1. The van der Waals surface area contributed by atoms with Crippen LogP contribution in [0.5, 0.6) is 0 Å². The van der Waals surface area contributed by atoms with E-state index in [0.717, 1.165) is 6.26 Å². The maximum atomic E-state index is 13.8. The van der Waals surface area contributed by atoms with Crippen LogP contribution in [0.15, 0.2) is 12.1 Å².